The van der Waals surface area contributed by atoms with Gasteiger partial charge in [0.2, 0.25) is 0 Å². The highest BCUT2D eigenvalue weighted by molar-refractivity contribution is 6.18. The first-order chi connectivity index (χ1) is 8.78. The Labute approximate surface area is 112 Å². The summed E-state index contributed by atoms with van der Waals surface area (Å²) in [5.74, 6) is 1.85. The number of halogens is 1. The zero-order valence-electron chi connectivity index (χ0n) is 9.92. The van der Waals surface area contributed by atoms with Crippen LogP contribution in [0.2, 0.25) is 0 Å². The van der Waals surface area contributed by atoms with E-state index < -0.39 is 6.10 Å². The third kappa shape index (κ3) is 3.76. The van der Waals surface area contributed by atoms with Gasteiger partial charge in [-0.25, -0.2) is 0 Å². The fourth-order valence-corrected chi connectivity index (χ4v) is 1.75. The highest BCUT2D eigenvalue weighted by Crippen LogP contribution is 2.21. The maximum Gasteiger partial charge on any atom is 0.127 e. The van der Waals surface area contributed by atoms with Crippen molar-refractivity contribution < 1.29 is 9.84 Å². The molecule has 18 heavy (non-hydrogen) atoms. The maximum atomic E-state index is 9.45. The van der Waals surface area contributed by atoms with Crippen molar-refractivity contribution in [3.63, 3.8) is 0 Å². The highest BCUT2D eigenvalue weighted by Gasteiger charge is 2.04. The molecule has 2 rings (SSSR count). The Kier molecular flexibility index (Phi) is 4.62. The van der Waals surface area contributed by atoms with Crippen molar-refractivity contribution in [3.05, 3.63) is 60.2 Å². The molecule has 0 amide bonds. The molecule has 2 aromatic carbocycles. The van der Waals surface area contributed by atoms with Crippen LogP contribution in [0.15, 0.2) is 54.6 Å². The number of aliphatic hydroxyl groups excluding tert-OH is 1. The van der Waals surface area contributed by atoms with Gasteiger partial charge in [0, 0.05) is 5.88 Å². The van der Waals surface area contributed by atoms with Crippen molar-refractivity contribution in [1.82, 2.24) is 0 Å². The number of para-hydroxylation sites is 1. The molecule has 0 aliphatic heterocycles. The van der Waals surface area contributed by atoms with Crippen LogP contribution in [0.25, 0.3) is 0 Å². The van der Waals surface area contributed by atoms with E-state index in [1.165, 1.54) is 0 Å². The summed E-state index contributed by atoms with van der Waals surface area (Å²) in [6, 6.07) is 17.3. The maximum absolute atomic E-state index is 9.45. The average Bonchev–Trinajstić information content (AvgIpc) is 2.42. The Bertz CT molecular complexity index is 468. The standard InChI is InChI=1S/C15H15ClO2/c16-11-13(17)10-12-6-8-15(9-7-12)18-14-4-2-1-3-5-14/h1-9,13,17H,10-11H2/t13-/m0/s1. The third-order valence-corrected chi connectivity index (χ3v) is 2.91. The van der Waals surface area contributed by atoms with Crippen molar-refractivity contribution in [2.45, 2.75) is 12.5 Å². The molecule has 0 fully saturated rings. The molecule has 2 aromatic rings. The topological polar surface area (TPSA) is 29.5 Å². The number of hydrogen-bond acceptors (Lipinski definition) is 2. The van der Waals surface area contributed by atoms with Gasteiger partial charge in [0.05, 0.1) is 6.10 Å². The van der Waals surface area contributed by atoms with Gasteiger partial charge in [-0.15, -0.1) is 11.6 Å². The molecular formula is C15H15ClO2. The monoisotopic (exact) mass is 262 g/mol. The van der Waals surface area contributed by atoms with Crippen LogP contribution in [-0.2, 0) is 6.42 Å². The molecule has 3 heteroatoms. The lowest BCUT2D eigenvalue weighted by Gasteiger charge is -2.08. The van der Waals surface area contributed by atoms with Crippen LogP contribution in [0, 0.1) is 0 Å². The molecule has 0 saturated heterocycles. The van der Waals surface area contributed by atoms with Gasteiger partial charge >= 0.3 is 0 Å². The molecule has 0 aliphatic carbocycles. The summed E-state index contributed by atoms with van der Waals surface area (Å²) in [5, 5.41) is 9.45. The van der Waals surface area contributed by atoms with Crippen LogP contribution in [0.3, 0.4) is 0 Å². The first kappa shape index (κ1) is 12.9. The van der Waals surface area contributed by atoms with Gasteiger partial charge in [-0.05, 0) is 36.2 Å². The molecule has 0 saturated carbocycles. The minimum atomic E-state index is -0.493. The van der Waals surface area contributed by atoms with Gasteiger partial charge < -0.3 is 9.84 Å². The van der Waals surface area contributed by atoms with E-state index in [1.807, 2.05) is 54.6 Å². The van der Waals surface area contributed by atoms with E-state index >= 15 is 0 Å². The SMILES string of the molecule is O[C@H](CCl)Cc1ccc(Oc2ccccc2)cc1. The third-order valence-electron chi connectivity index (χ3n) is 2.55. The largest absolute Gasteiger partial charge is 0.457 e. The summed E-state index contributed by atoms with van der Waals surface area (Å²) in [6.07, 6.45) is 0.0716. The number of rotatable bonds is 5. The number of aliphatic hydroxyl groups is 1. The first-order valence-corrected chi connectivity index (χ1v) is 6.37. The number of ether oxygens (including phenoxy) is 1. The van der Waals surface area contributed by atoms with Gasteiger partial charge in [0.25, 0.3) is 0 Å². The molecular weight excluding hydrogens is 248 g/mol. The Balaban J connectivity index is 2.00. The van der Waals surface area contributed by atoms with E-state index in [1.54, 1.807) is 0 Å². The van der Waals surface area contributed by atoms with Crippen LogP contribution in [0.4, 0.5) is 0 Å². The Hall–Kier alpha value is -1.51. The fraction of sp³-hybridized carbons (Fsp3) is 0.200. The summed E-state index contributed by atoms with van der Waals surface area (Å²) < 4.78 is 5.68. The molecule has 0 spiro atoms. The van der Waals surface area contributed by atoms with E-state index in [-0.39, 0.29) is 5.88 Å². The normalized spacial score (nSPS) is 12.1. The van der Waals surface area contributed by atoms with Crippen molar-refractivity contribution in [1.29, 1.82) is 0 Å². The molecule has 1 N–H and O–H groups in total. The summed E-state index contributed by atoms with van der Waals surface area (Å²) >= 11 is 5.57. The first-order valence-electron chi connectivity index (χ1n) is 5.84. The Morgan fingerprint density at radius 2 is 1.56 bits per heavy atom. The number of benzene rings is 2. The van der Waals surface area contributed by atoms with Gasteiger partial charge in [0.15, 0.2) is 0 Å². The molecule has 1 atom stereocenters. The van der Waals surface area contributed by atoms with Crippen molar-refractivity contribution in [2.24, 2.45) is 0 Å². The minimum Gasteiger partial charge on any atom is -0.457 e. The molecule has 0 radical (unpaired) electrons. The summed E-state index contributed by atoms with van der Waals surface area (Å²) in [5.41, 5.74) is 1.04. The highest BCUT2D eigenvalue weighted by atomic mass is 35.5. The molecule has 0 heterocycles. The predicted octanol–water partition coefficient (Wildman–Crippen LogP) is 3.62. The average molecular weight is 263 g/mol. The molecule has 0 aliphatic rings. The summed E-state index contributed by atoms with van der Waals surface area (Å²) in [6.45, 7) is 0. The quantitative estimate of drug-likeness (QED) is 0.834. The van der Waals surface area contributed by atoms with E-state index in [9.17, 15) is 5.11 Å². The summed E-state index contributed by atoms with van der Waals surface area (Å²) in [7, 11) is 0. The lowest BCUT2D eigenvalue weighted by Crippen LogP contribution is -2.11. The second kappa shape index (κ2) is 6.43. The van der Waals surface area contributed by atoms with Crippen LogP contribution in [-0.4, -0.2) is 17.1 Å². The minimum absolute atomic E-state index is 0.252. The molecule has 2 nitrogen and oxygen atoms in total. The Morgan fingerprint density at radius 1 is 0.944 bits per heavy atom. The summed E-state index contributed by atoms with van der Waals surface area (Å²) in [4.78, 5) is 0. The Morgan fingerprint density at radius 3 is 2.17 bits per heavy atom. The van der Waals surface area contributed by atoms with Crippen LogP contribution < -0.4 is 4.74 Å². The molecule has 0 unspecified atom stereocenters. The van der Waals surface area contributed by atoms with Gasteiger partial charge in [-0.1, -0.05) is 30.3 Å². The number of alkyl halides is 1. The van der Waals surface area contributed by atoms with E-state index in [0.29, 0.717) is 6.42 Å². The lowest BCUT2D eigenvalue weighted by atomic mass is 10.1. The van der Waals surface area contributed by atoms with Gasteiger partial charge in [-0.3, -0.25) is 0 Å². The van der Waals surface area contributed by atoms with Crippen molar-refractivity contribution in [2.75, 3.05) is 5.88 Å². The van der Waals surface area contributed by atoms with Gasteiger partial charge in [0.1, 0.15) is 11.5 Å². The zero-order chi connectivity index (χ0) is 12.8. The van der Waals surface area contributed by atoms with Crippen LogP contribution in [0.1, 0.15) is 5.56 Å². The van der Waals surface area contributed by atoms with E-state index in [4.69, 9.17) is 16.3 Å². The van der Waals surface area contributed by atoms with E-state index in [0.717, 1.165) is 17.1 Å². The molecule has 0 aromatic heterocycles. The second-order valence-electron chi connectivity index (χ2n) is 4.07. The zero-order valence-corrected chi connectivity index (χ0v) is 10.7. The lowest BCUT2D eigenvalue weighted by molar-refractivity contribution is 0.198. The van der Waals surface area contributed by atoms with Gasteiger partial charge in [-0.2, -0.15) is 0 Å². The fourth-order valence-electron chi connectivity index (χ4n) is 1.64. The second-order valence-corrected chi connectivity index (χ2v) is 4.38. The van der Waals surface area contributed by atoms with Crippen molar-refractivity contribution >= 4 is 11.6 Å². The smallest absolute Gasteiger partial charge is 0.127 e. The molecule has 94 valence electrons. The molecule has 0 bridgehead atoms. The van der Waals surface area contributed by atoms with E-state index in [2.05, 4.69) is 0 Å². The number of hydrogen-bond donors (Lipinski definition) is 1. The van der Waals surface area contributed by atoms with Crippen molar-refractivity contribution in [3.8, 4) is 11.5 Å². The predicted molar refractivity (Wildman–Crippen MR) is 73.4 cm³/mol. The van der Waals surface area contributed by atoms with Crippen LogP contribution >= 0.6 is 11.6 Å². The van der Waals surface area contributed by atoms with Crippen LogP contribution in [0.5, 0.6) is 11.5 Å².